The fourth-order valence-electron chi connectivity index (χ4n) is 2.99. The first kappa shape index (κ1) is 18.3. The Kier molecular flexibility index (Phi) is 6.92. The summed E-state index contributed by atoms with van der Waals surface area (Å²) in [4.78, 5) is 10.8. The van der Waals surface area contributed by atoms with E-state index in [1.54, 1.807) is 25.8 Å². The molecule has 1 fully saturated rings. The van der Waals surface area contributed by atoms with Crippen molar-refractivity contribution in [1.29, 1.82) is 0 Å². The summed E-state index contributed by atoms with van der Waals surface area (Å²) >= 11 is 0. The Morgan fingerprint density at radius 3 is 3.08 bits per heavy atom. The molecule has 0 bridgehead atoms. The van der Waals surface area contributed by atoms with Crippen molar-refractivity contribution in [3.8, 4) is 0 Å². The fourth-order valence-corrected chi connectivity index (χ4v) is 2.99. The molecule has 1 unspecified atom stereocenters. The number of likely N-dealkylation sites (tertiary alicyclic amines) is 1. The Balaban J connectivity index is 1.41. The number of rotatable bonds is 9. The number of nitrogens with one attached hydrogen (secondary N) is 2. The molecule has 3 rings (SSSR count). The van der Waals surface area contributed by atoms with E-state index >= 15 is 0 Å². The summed E-state index contributed by atoms with van der Waals surface area (Å²) in [5, 5.41) is 7.56. The predicted molar refractivity (Wildman–Crippen MR) is 103 cm³/mol. The maximum Gasteiger partial charge on any atom is 0.138 e. The summed E-state index contributed by atoms with van der Waals surface area (Å²) < 4.78 is 5.79. The molecule has 2 heterocycles. The van der Waals surface area contributed by atoms with Crippen molar-refractivity contribution in [2.45, 2.75) is 19.1 Å². The smallest absolute Gasteiger partial charge is 0.138 e. The van der Waals surface area contributed by atoms with E-state index in [9.17, 15) is 0 Å². The van der Waals surface area contributed by atoms with E-state index in [0.29, 0.717) is 12.6 Å². The molecule has 1 aliphatic heterocycles. The third-order valence-corrected chi connectivity index (χ3v) is 4.35. The van der Waals surface area contributed by atoms with Gasteiger partial charge in [0.15, 0.2) is 0 Å². The first-order chi connectivity index (χ1) is 12.8. The van der Waals surface area contributed by atoms with Crippen molar-refractivity contribution in [3.05, 3.63) is 54.0 Å². The molecule has 7 heteroatoms. The molecule has 0 saturated carbocycles. The van der Waals surface area contributed by atoms with E-state index in [4.69, 9.17) is 4.74 Å². The van der Waals surface area contributed by atoms with Gasteiger partial charge < -0.3 is 15.5 Å². The minimum absolute atomic E-state index is 0.376. The van der Waals surface area contributed by atoms with Gasteiger partial charge in [-0.3, -0.25) is 4.90 Å². The summed E-state index contributed by atoms with van der Waals surface area (Å²) in [5.74, 6) is 0.825. The van der Waals surface area contributed by atoms with E-state index in [1.165, 1.54) is 5.56 Å². The third-order valence-electron chi connectivity index (χ3n) is 4.35. The number of hydrazone groups is 1. The highest BCUT2D eigenvalue weighted by atomic mass is 16.5. The molecule has 26 heavy (non-hydrogen) atoms. The van der Waals surface area contributed by atoms with Crippen molar-refractivity contribution >= 4 is 12.0 Å². The van der Waals surface area contributed by atoms with Crippen LogP contribution in [0, 0.1) is 0 Å². The fraction of sp³-hybridized carbons (Fsp3) is 0.421. The average Bonchev–Trinajstić information content (AvgIpc) is 3.13. The molecule has 7 nitrogen and oxygen atoms in total. The van der Waals surface area contributed by atoms with Gasteiger partial charge in [-0.15, -0.1) is 0 Å². The zero-order chi connectivity index (χ0) is 18.0. The number of hydrogen-bond donors (Lipinski definition) is 2. The summed E-state index contributed by atoms with van der Waals surface area (Å²) in [5.41, 5.74) is 4.85. The Bertz CT molecular complexity index is 693. The van der Waals surface area contributed by atoms with Crippen LogP contribution >= 0.6 is 0 Å². The Morgan fingerprint density at radius 1 is 1.35 bits per heavy atom. The summed E-state index contributed by atoms with van der Waals surface area (Å²) in [7, 11) is 1.77. The number of anilines is 1. The first-order valence-electron chi connectivity index (χ1n) is 8.95. The molecule has 2 N–H and O–H groups in total. The van der Waals surface area contributed by atoms with E-state index in [-0.39, 0.29) is 0 Å². The summed E-state index contributed by atoms with van der Waals surface area (Å²) in [6, 6.07) is 10.7. The molecule has 2 aromatic rings. The van der Waals surface area contributed by atoms with Crippen LogP contribution in [0.3, 0.4) is 0 Å². The lowest BCUT2D eigenvalue weighted by Crippen LogP contribution is -2.29. The van der Waals surface area contributed by atoms with Crippen LogP contribution in [0.15, 0.2) is 48.0 Å². The van der Waals surface area contributed by atoms with E-state index in [1.807, 2.05) is 18.2 Å². The second-order valence-electron chi connectivity index (χ2n) is 6.28. The van der Waals surface area contributed by atoms with Gasteiger partial charge in [0.2, 0.25) is 0 Å². The lowest BCUT2D eigenvalue weighted by atomic mass is 10.2. The van der Waals surface area contributed by atoms with Gasteiger partial charge in [0.05, 0.1) is 25.0 Å². The number of ether oxygens (including phenoxy) is 1. The molecule has 1 aromatic carbocycles. The van der Waals surface area contributed by atoms with Gasteiger partial charge in [0.25, 0.3) is 0 Å². The summed E-state index contributed by atoms with van der Waals surface area (Å²) in [6.45, 7) is 4.42. The van der Waals surface area contributed by atoms with Crippen LogP contribution < -0.4 is 10.7 Å². The highest BCUT2D eigenvalue weighted by molar-refractivity contribution is 5.85. The molecule has 138 valence electrons. The highest BCUT2D eigenvalue weighted by Crippen LogP contribution is 2.16. The van der Waals surface area contributed by atoms with Gasteiger partial charge in [0.1, 0.15) is 12.1 Å². The van der Waals surface area contributed by atoms with Gasteiger partial charge in [-0.1, -0.05) is 30.3 Å². The standard InChI is InChI=1S/C19H26N6O/c1-20-23-12-17-11-21-15-22-19(17)24-18-7-8-25(13-18)9-10-26-14-16-5-3-2-4-6-16/h2-6,11-12,15,18,20H,7-10,13-14H2,1H3,(H,21,22,24)/b23-12-. The number of hydrogen-bond acceptors (Lipinski definition) is 7. The number of nitrogens with zero attached hydrogens (tertiary/aromatic N) is 4. The van der Waals surface area contributed by atoms with Gasteiger partial charge in [-0.25, -0.2) is 9.97 Å². The van der Waals surface area contributed by atoms with Gasteiger partial charge in [0, 0.05) is 38.9 Å². The van der Waals surface area contributed by atoms with Crippen LogP contribution in [0.5, 0.6) is 0 Å². The average molecular weight is 354 g/mol. The molecule has 1 atom stereocenters. The Morgan fingerprint density at radius 2 is 2.23 bits per heavy atom. The van der Waals surface area contributed by atoms with E-state index in [2.05, 4.69) is 42.8 Å². The lowest BCUT2D eigenvalue weighted by molar-refractivity contribution is 0.0990. The van der Waals surface area contributed by atoms with Crippen LogP contribution in [0.25, 0.3) is 0 Å². The van der Waals surface area contributed by atoms with Crippen molar-refractivity contribution < 1.29 is 4.74 Å². The van der Waals surface area contributed by atoms with E-state index in [0.717, 1.165) is 44.0 Å². The molecule has 1 aliphatic rings. The van der Waals surface area contributed by atoms with Crippen LogP contribution in [0.4, 0.5) is 5.82 Å². The maximum atomic E-state index is 5.79. The zero-order valence-corrected chi connectivity index (χ0v) is 15.1. The summed E-state index contributed by atoms with van der Waals surface area (Å²) in [6.07, 6.45) is 6.14. The van der Waals surface area contributed by atoms with Crippen molar-refractivity contribution in [2.24, 2.45) is 5.10 Å². The molecule has 0 spiro atoms. The van der Waals surface area contributed by atoms with Crippen LogP contribution in [0.2, 0.25) is 0 Å². The number of aromatic nitrogens is 2. The molecule has 1 aromatic heterocycles. The topological polar surface area (TPSA) is 74.7 Å². The van der Waals surface area contributed by atoms with Crippen molar-refractivity contribution in [1.82, 2.24) is 20.3 Å². The maximum absolute atomic E-state index is 5.79. The highest BCUT2D eigenvalue weighted by Gasteiger charge is 2.22. The zero-order valence-electron chi connectivity index (χ0n) is 15.1. The lowest BCUT2D eigenvalue weighted by Gasteiger charge is -2.17. The molecule has 0 aliphatic carbocycles. The van der Waals surface area contributed by atoms with Crippen molar-refractivity contribution in [2.75, 3.05) is 38.6 Å². The van der Waals surface area contributed by atoms with Crippen molar-refractivity contribution in [3.63, 3.8) is 0 Å². The second kappa shape index (κ2) is 9.84. The SMILES string of the molecule is CN/N=C\c1cncnc1NC1CCN(CCOCc2ccccc2)C1. The number of benzene rings is 1. The largest absolute Gasteiger partial charge is 0.375 e. The van der Waals surface area contributed by atoms with Crippen LogP contribution in [0.1, 0.15) is 17.5 Å². The monoisotopic (exact) mass is 354 g/mol. The third kappa shape index (κ3) is 5.50. The minimum atomic E-state index is 0.376. The molecular formula is C19H26N6O. The Hall–Kier alpha value is -2.51. The van der Waals surface area contributed by atoms with Gasteiger partial charge in [-0.2, -0.15) is 5.10 Å². The predicted octanol–water partition coefficient (Wildman–Crippen LogP) is 1.73. The van der Waals surface area contributed by atoms with Crippen LogP contribution in [-0.4, -0.2) is 60.4 Å². The van der Waals surface area contributed by atoms with Gasteiger partial charge in [-0.05, 0) is 12.0 Å². The molecular weight excluding hydrogens is 328 g/mol. The normalized spacial score (nSPS) is 17.7. The second-order valence-corrected chi connectivity index (χ2v) is 6.28. The van der Waals surface area contributed by atoms with E-state index < -0.39 is 0 Å². The first-order valence-corrected chi connectivity index (χ1v) is 8.95. The molecule has 1 saturated heterocycles. The minimum Gasteiger partial charge on any atom is -0.375 e. The van der Waals surface area contributed by atoms with Crippen LogP contribution in [-0.2, 0) is 11.3 Å². The molecule has 0 radical (unpaired) electrons. The Labute approximate surface area is 154 Å². The molecule has 0 amide bonds. The quantitative estimate of drug-likeness (QED) is 0.406. The van der Waals surface area contributed by atoms with Gasteiger partial charge >= 0.3 is 0 Å².